The fraction of sp³-hybridized carbons (Fsp3) is 0.421. The molecule has 2 bridgehead atoms. The van der Waals surface area contributed by atoms with E-state index in [1.54, 1.807) is 24.5 Å². The van der Waals surface area contributed by atoms with Crippen molar-refractivity contribution in [3.63, 3.8) is 0 Å². The van der Waals surface area contributed by atoms with Crippen molar-refractivity contribution in [2.75, 3.05) is 5.32 Å². The molecule has 4 atom stereocenters. The summed E-state index contributed by atoms with van der Waals surface area (Å²) in [5.41, 5.74) is 7.99. The van der Waals surface area contributed by atoms with Crippen molar-refractivity contribution in [3.8, 4) is 11.8 Å². The molecule has 3 N–H and O–H groups in total. The van der Waals surface area contributed by atoms with Gasteiger partial charge in [-0.25, -0.2) is 9.97 Å². The summed E-state index contributed by atoms with van der Waals surface area (Å²) in [5, 5.41) is 3.05. The number of nitrogens with two attached hydrogens (primary N) is 1. The molecule has 2 saturated carbocycles. The fourth-order valence-corrected chi connectivity index (χ4v) is 4.22. The predicted molar refractivity (Wildman–Crippen MR) is 101 cm³/mol. The summed E-state index contributed by atoms with van der Waals surface area (Å²) in [6.45, 7) is 1.94. The zero-order valence-corrected chi connectivity index (χ0v) is 15.4. The summed E-state index contributed by atoms with van der Waals surface area (Å²) >= 11 is 0. The number of amides is 1. The molecule has 6 nitrogen and oxygen atoms in total. The molecule has 0 spiro atoms. The minimum Gasteiger partial charge on any atom is -0.424 e. The molecule has 0 aliphatic heterocycles. The van der Waals surface area contributed by atoms with Crippen LogP contribution in [0.5, 0.6) is 11.8 Å². The first kappa shape index (κ1) is 18.6. The number of fused-ring (bicyclic) bond motifs is 2. The molecule has 1 aromatic heterocycles. The van der Waals surface area contributed by atoms with Gasteiger partial charge in [-0.3, -0.25) is 4.79 Å². The van der Waals surface area contributed by atoms with Gasteiger partial charge in [-0.2, -0.15) is 0 Å². The second-order valence-corrected chi connectivity index (χ2v) is 7.04. The number of aromatic nitrogens is 2. The zero-order chi connectivity index (χ0) is 17.4. The van der Waals surface area contributed by atoms with E-state index < -0.39 is 0 Å². The Morgan fingerprint density at radius 1 is 1.23 bits per heavy atom. The van der Waals surface area contributed by atoms with Gasteiger partial charge in [-0.05, 0) is 67.9 Å². The summed E-state index contributed by atoms with van der Waals surface area (Å²) in [5.74, 6) is 1.58. The SMILES string of the molecule is Cc1cc(Oc2ncccn2)ccc1NC(=O)C1C2CCC(C2)C1N.Cl. The Balaban J connectivity index is 0.00000196. The second kappa shape index (κ2) is 7.60. The third-order valence-corrected chi connectivity index (χ3v) is 5.49. The summed E-state index contributed by atoms with van der Waals surface area (Å²) in [6, 6.07) is 7.55. The Hall–Kier alpha value is -2.18. The van der Waals surface area contributed by atoms with Crippen LogP contribution in [0.15, 0.2) is 36.7 Å². The second-order valence-electron chi connectivity index (χ2n) is 7.04. The van der Waals surface area contributed by atoms with Crippen LogP contribution < -0.4 is 15.8 Å². The van der Waals surface area contributed by atoms with Crippen molar-refractivity contribution in [1.29, 1.82) is 0 Å². The highest BCUT2D eigenvalue weighted by Crippen LogP contribution is 2.48. The highest BCUT2D eigenvalue weighted by molar-refractivity contribution is 5.94. The van der Waals surface area contributed by atoms with E-state index in [-0.39, 0.29) is 30.3 Å². The van der Waals surface area contributed by atoms with Gasteiger partial charge in [0.2, 0.25) is 5.91 Å². The predicted octanol–water partition coefficient (Wildman–Crippen LogP) is 3.31. The van der Waals surface area contributed by atoms with E-state index in [4.69, 9.17) is 10.5 Å². The summed E-state index contributed by atoms with van der Waals surface area (Å²) < 4.78 is 5.62. The number of nitrogens with zero attached hydrogens (tertiary/aromatic N) is 2. The summed E-state index contributed by atoms with van der Waals surface area (Å²) in [4.78, 5) is 20.8. The maximum Gasteiger partial charge on any atom is 0.321 e. The van der Waals surface area contributed by atoms with E-state index in [2.05, 4.69) is 15.3 Å². The van der Waals surface area contributed by atoms with Crippen LogP contribution in [-0.2, 0) is 4.79 Å². The molecular weight excluding hydrogens is 352 g/mol. The quantitative estimate of drug-likeness (QED) is 0.856. The molecule has 2 aliphatic carbocycles. The smallest absolute Gasteiger partial charge is 0.321 e. The number of hydrogen-bond acceptors (Lipinski definition) is 5. The lowest BCUT2D eigenvalue weighted by atomic mass is 9.84. The van der Waals surface area contributed by atoms with Gasteiger partial charge in [0.1, 0.15) is 5.75 Å². The minimum atomic E-state index is -0.0632. The summed E-state index contributed by atoms with van der Waals surface area (Å²) in [6.07, 6.45) is 6.65. The number of anilines is 1. The van der Waals surface area contributed by atoms with Gasteiger partial charge in [0.25, 0.3) is 0 Å². The molecular formula is C19H23ClN4O2. The molecule has 2 aliphatic rings. The topological polar surface area (TPSA) is 90.1 Å². The molecule has 2 aromatic rings. The van der Waals surface area contributed by atoms with Crippen LogP contribution in [0.4, 0.5) is 5.69 Å². The standard InChI is InChI=1S/C19H22N4O2.ClH/c1-11-9-14(25-19-21-7-2-8-22-19)5-6-15(11)23-18(24)16-12-3-4-13(10-12)17(16)20;/h2,5-9,12-13,16-17H,3-4,10,20H2,1H3,(H,23,24);1H. The highest BCUT2D eigenvalue weighted by Gasteiger charge is 2.49. The van der Waals surface area contributed by atoms with Crippen LogP contribution in [0.2, 0.25) is 0 Å². The molecule has 0 saturated heterocycles. The lowest BCUT2D eigenvalue weighted by Gasteiger charge is -2.27. The van der Waals surface area contributed by atoms with E-state index in [0.717, 1.165) is 24.1 Å². The Morgan fingerprint density at radius 3 is 2.62 bits per heavy atom. The van der Waals surface area contributed by atoms with Gasteiger partial charge in [-0.15, -0.1) is 12.4 Å². The number of carbonyl (C=O) groups excluding carboxylic acids is 1. The van der Waals surface area contributed by atoms with E-state index in [1.165, 1.54) is 6.42 Å². The van der Waals surface area contributed by atoms with E-state index >= 15 is 0 Å². The molecule has 26 heavy (non-hydrogen) atoms. The van der Waals surface area contributed by atoms with Gasteiger partial charge in [0.05, 0.1) is 5.92 Å². The number of benzene rings is 1. The van der Waals surface area contributed by atoms with Crippen molar-refractivity contribution in [2.24, 2.45) is 23.5 Å². The number of halogens is 1. The maximum absolute atomic E-state index is 12.7. The van der Waals surface area contributed by atoms with Crippen molar-refractivity contribution in [2.45, 2.75) is 32.2 Å². The minimum absolute atomic E-state index is 0. The third kappa shape index (κ3) is 3.52. The first-order valence-electron chi connectivity index (χ1n) is 8.74. The van der Waals surface area contributed by atoms with E-state index in [1.807, 2.05) is 19.1 Å². The largest absolute Gasteiger partial charge is 0.424 e. The van der Waals surface area contributed by atoms with Gasteiger partial charge in [0.15, 0.2) is 0 Å². The Morgan fingerprint density at radius 2 is 1.96 bits per heavy atom. The Labute approximate surface area is 159 Å². The number of aryl methyl sites for hydroxylation is 1. The van der Waals surface area contributed by atoms with Gasteiger partial charge >= 0.3 is 6.01 Å². The van der Waals surface area contributed by atoms with Gasteiger partial charge in [0, 0.05) is 24.1 Å². The molecule has 1 aromatic carbocycles. The average molecular weight is 375 g/mol. The van der Waals surface area contributed by atoms with Crippen LogP contribution in [0.1, 0.15) is 24.8 Å². The van der Waals surface area contributed by atoms with Crippen molar-refractivity contribution >= 4 is 24.0 Å². The molecule has 1 heterocycles. The Bertz CT molecular complexity index is 784. The average Bonchev–Trinajstić information content (AvgIpc) is 3.19. The van der Waals surface area contributed by atoms with E-state index in [0.29, 0.717) is 23.6 Å². The van der Waals surface area contributed by atoms with E-state index in [9.17, 15) is 4.79 Å². The molecule has 7 heteroatoms. The van der Waals surface area contributed by atoms with Gasteiger partial charge < -0.3 is 15.8 Å². The number of ether oxygens (including phenoxy) is 1. The summed E-state index contributed by atoms with van der Waals surface area (Å²) in [7, 11) is 0. The number of hydrogen-bond donors (Lipinski definition) is 2. The monoisotopic (exact) mass is 374 g/mol. The Kier molecular flexibility index (Phi) is 5.44. The maximum atomic E-state index is 12.7. The molecule has 138 valence electrons. The number of nitrogens with one attached hydrogen (secondary N) is 1. The molecule has 4 rings (SSSR count). The van der Waals surface area contributed by atoms with Crippen molar-refractivity contribution < 1.29 is 9.53 Å². The van der Waals surface area contributed by atoms with Crippen LogP contribution in [0, 0.1) is 24.7 Å². The molecule has 1 amide bonds. The fourth-order valence-electron chi connectivity index (χ4n) is 4.22. The lowest BCUT2D eigenvalue weighted by molar-refractivity contribution is -0.121. The molecule has 2 fully saturated rings. The first-order chi connectivity index (χ1) is 12.1. The lowest BCUT2D eigenvalue weighted by Crippen LogP contribution is -2.42. The van der Waals surface area contributed by atoms with Crippen LogP contribution in [0.25, 0.3) is 0 Å². The van der Waals surface area contributed by atoms with Crippen molar-refractivity contribution in [1.82, 2.24) is 9.97 Å². The van der Waals surface area contributed by atoms with Crippen molar-refractivity contribution in [3.05, 3.63) is 42.2 Å². The molecule has 4 unspecified atom stereocenters. The number of rotatable bonds is 4. The first-order valence-corrected chi connectivity index (χ1v) is 8.74. The third-order valence-electron chi connectivity index (χ3n) is 5.49. The zero-order valence-electron chi connectivity index (χ0n) is 14.6. The van der Waals surface area contributed by atoms with Crippen LogP contribution in [0.3, 0.4) is 0 Å². The number of carbonyl (C=O) groups is 1. The highest BCUT2D eigenvalue weighted by atomic mass is 35.5. The van der Waals surface area contributed by atoms with Gasteiger partial charge in [-0.1, -0.05) is 0 Å². The normalized spacial score (nSPS) is 26.2. The molecule has 0 radical (unpaired) electrons. The van der Waals surface area contributed by atoms with Crippen LogP contribution in [-0.4, -0.2) is 21.9 Å². The van der Waals surface area contributed by atoms with Crippen LogP contribution >= 0.6 is 12.4 Å².